The van der Waals surface area contributed by atoms with Crippen molar-refractivity contribution in [1.82, 2.24) is 44.9 Å². The summed E-state index contributed by atoms with van der Waals surface area (Å²) in [5, 5.41) is 23.3. The fraction of sp³-hybridized carbons (Fsp3) is 0.133. The molecule has 7 aromatic heterocycles. The highest BCUT2D eigenvalue weighted by Gasteiger charge is 2.14. The van der Waals surface area contributed by atoms with Gasteiger partial charge in [-0.05, 0) is 62.4 Å². The average Bonchev–Trinajstić information content (AvgIpc) is 3.47. The van der Waals surface area contributed by atoms with Gasteiger partial charge >= 0.3 is 0 Å². The Kier molecular flexibility index (Phi) is 8.82. The van der Waals surface area contributed by atoms with Crippen LogP contribution in [0.5, 0.6) is 0 Å². The Balaban J connectivity index is 0.000000170. The molecule has 0 saturated carbocycles. The van der Waals surface area contributed by atoms with Crippen LogP contribution in [-0.4, -0.2) is 61.7 Å². The quantitative estimate of drug-likeness (QED) is 0.185. The number of nitrogen functional groups attached to an aromatic ring is 1. The number of nitrogens with one attached hydrogen (secondary N) is 1. The van der Waals surface area contributed by atoms with Gasteiger partial charge in [0.1, 0.15) is 20.8 Å². The summed E-state index contributed by atoms with van der Waals surface area (Å²) in [5.41, 5.74) is 12.9. The molecule has 19 heteroatoms. The molecule has 0 aliphatic heterocycles. The van der Waals surface area contributed by atoms with Crippen molar-refractivity contribution < 1.29 is 16.8 Å². The van der Waals surface area contributed by atoms with E-state index in [4.69, 9.17) is 16.0 Å². The summed E-state index contributed by atoms with van der Waals surface area (Å²) < 4.78 is 46.8. The van der Waals surface area contributed by atoms with Crippen molar-refractivity contribution in [3.05, 3.63) is 96.1 Å². The van der Waals surface area contributed by atoms with Gasteiger partial charge in [-0.25, -0.2) is 51.7 Å². The molecule has 0 fully saturated rings. The van der Waals surface area contributed by atoms with Crippen molar-refractivity contribution in [2.75, 3.05) is 11.1 Å². The van der Waals surface area contributed by atoms with E-state index in [0.29, 0.717) is 52.7 Å². The van der Waals surface area contributed by atoms with E-state index in [9.17, 15) is 16.8 Å². The van der Waals surface area contributed by atoms with Crippen LogP contribution in [0.3, 0.4) is 0 Å². The molecular weight excluding hydrogens is 671 g/mol. The monoisotopic (exact) mass is 699 g/mol. The molecule has 49 heavy (non-hydrogen) atoms. The molecule has 0 spiro atoms. The fourth-order valence-corrected chi connectivity index (χ4v) is 5.74. The van der Waals surface area contributed by atoms with Crippen LogP contribution in [0, 0.1) is 13.8 Å². The van der Waals surface area contributed by atoms with E-state index < -0.39 is 20.0 Å². The van der Waals surface area contributed by atoms with Crippen molar-refractivity contribution in [2.45, 2.75) is 36.7 Å². The fourth-order valence-electron chi connectivity index (χ4n) is 4.82. The van der Waals surface area contributed by atoms with E-state index >= 15 is 0 Å². The number of anilines is 2. The normalized spacial score (nSPS) is 11.8. The topological polar surface area (TPSA) is 266 Å². The molecule has 0 amide bonds. The molecule has 250 valence electrons. The van der Waals surface area contributed by atoms with Crippen molar-refractivity contribution in [3.8, 4) is 0 Å². The van der Waals surface area contributed by atoms with E-state index in [-0.39, 0.29) is 9.79 Å². The second-order valence-corrected chi connectivity index (χ2v) is 14.0. The number of rotatable bonds is 7. The predicted molar refractivity (Wildman–Crippen MR) is 182 cm³/mol. The van der Waals surface area contributed by atoms with E-state index in [1.54, 1.807) is 29.2 Å². The maximum Gasteiger partial charge on any atom is 0.239 e. The number of hydrogen-bond donors (Lipinski definition) is 4. The van der Waals surface area contributed by atoms with Gasteiger partial charge < -0.3 is 11.1 Å². The lowest BCUT2D eigenvalue weighted by Crippen LogP contribution is -2.13. The maximum absolute atomic E-state index is 11.3. The maximum atomic E-state index is 11.3. The Labute approximate surface area is 279 Å². The lowest BCUT2D eigenvalue weighted by Gasteiger charge is -2.12. The third-order valence-electron chi connectivity index (χ3n) is 7.25. The number of sulfonamides is 2. The van der Waals surface area contributed by atoms with Crippen molar-refractivity contribution in [3.63, 3.8) is 0 Å². The van der Waals surface area contributed by atoms with Gasteiger partial charge in [0.2, 0.25) is 20.0 Å². The second kappa shape index (κ2) is 13.0. The van der Waals surface area contributed by atoms with Crippen LogP contribution in [0.4, 0.5) is 11.4 Å². The van der Waals surface area contributed by atoms with Gasteiger partial charge in [-0.3, -0.25) is 9.97 Å². The number of aryl methyl sites for hydroxylation is 2. The molecule has 0 aromatic carbocycles. The van der Waals surface area contributed by atoms with Crippen LogP contribution in [0.15, 0.2) is 83.1 Å². The number of nitrogens with two attached hydrogens (primary N) is 3. The number of pyridine rings is 6. The summed E-state index contributed by atoms with van der Waals surface area (Å²) in [4.78, 5) is 25.5. The van der Waals surface area contributed by atoms with E-state index in [0.717, 1.165) is 27.7 Å². The minimum absolute atomic E-state index is 0.0280. The summed E-state index contributed by atoms with van der Waals surface area (Å²) in [6.07, 6.45) is 5.64. The first-order valence-electron chi connectivity index (χ1n) is 14.4. The van der Waals surface area contributed by atoms with Gasteiger partial charge in [0.15, 0.2) is 11.3 Å². The number of fused-ring (bicyclic) bond motifs is 4. The molecule has 0 atom stereocenters. The van der Waals surface area contributed by atoms with Gasteiger partial charge in [-0.15, -0.1) is 5.10 Å². The number of nitrogens with zero attached hydrogens (tertiary/aromatic N) is 9. The molecule has 0 aliphatic carbocycles. The molecule has 0 saturated heterocycles. The summed E-state index contributed by atoms with van der Waals surface area (Å²) in [6.45, 7) is 4.48. The first-order valence-corrected chi connectivity index (χ1v) is 17.5. The molecule has 7 aromatic rings. The highest BCUT2D eigenvalue weighted by molar-refractivity contribution is 7.89. The first kappa shape index (κ1) is 33.2. The summed E-state index contributed by atoms with van der Waals surface area (Å²) in [5.74, 6) is 0. The number of primary sulfonamides is 2. The number of hydrogen-bond acceptors (Lipinski definition) is 14. The third kappa shape index (κ3) is 7.38. The lowest BCUT2D eigenvalue weighted by atomic mass is 10.2. The molecule has 0 radical (unpaired) electrons. The molecular formula is C30H29N13O4S2. The minimum atomic E-state index is -3.76. The summed E-state index contributed by atoms with van der Waals surface area (Å²) in [6, 6.07) is 13.6. The van der Waals surface area contributed by atoms with E-state index in [1.165, 1.54) is 24.5 Å². The van der Waals surface area contributed by atoms with Crippen LogP contribution in [0.25, 0.3) is 33.1 Å². The smallest absolute Gasteiger partial charge is 0.239 e. The largest absolute Gasteiger partial charge is 0.396 e. The highest BCUT2D eigenvalue weighted by Crippen LogP contribution is 2.27. The first-order chi connectivity index (χ1) is 23.3. The molecule has 17 nitrogen and oxygen atoms in total. The molecule has 7 N–H and O–H groups in total. The van der Waals surface area contributed by atoms with Crippen LogP contribution in [0.2, 0.25) is 0 Å². The zero-order valence-electron chi connectivity index (χ0n) is 26.0. The Morgan fingerprint density at radius 2 is 1.27 bits per heavy atom. The Morgan fingerprint density at radius 1 is 0.694 bits per heavy atom. The zero-order valence-corrected chi connectivity index (χ0v) is 27.7. The summed E-state index contributed by atoms with van der Waals surface area (Å²) in [7, 11) is -7.51. The van der Waals surface area contributed by atoms with Gasteiger partial charge in [-0.1, -0.05) is 5.21 Å². The summed E-state index contributed by atoms with van der Waals surface area (Å²) >= 11 is 0. The molecule has 7 heterocycles. The Hall–Kier alpha value is -5.76. The zero-order chi connectivity index (χ0) is 34.9. The average molecular weight is 700 g/mol. The van der Waals surface area contributed by atoms with Gasteiger partial charge in [0.05, 0.1) is 48.2 Å². The van der Waals surface area contributed by atoms with Crippen molar-refractivity contribution in [1.29, 1.82) is 0 Å². The molecule has 0 unspecified atom stereocenters. The van der Waals surface area contributed by atoms with Crippen LogP contribution in [0.1, 0.15) is 22.8 Å². The molecule has 0 aliphatic rings. The third-order valence-corrected chi connectivity index (χ3v) is 9.05. The second-order valence-electron chi connectivity index (χ2n) is 10.9. The van der Waals surface area contributed by atoms with Crippen molar-refractivity contribution >= 4 is 64.5 Å². The van der Waals surface area contributed by atoms with Crippen molar-refractivity contribution in [2.24, 2.45) is 10.3 Å². The van der Waals surface area contributed by atoms with Crippen LogP contribution >= 0.6 is 0 Å². The Morgan fingerprint density at radius 3 is 1.86 bits per heavy atom. The SMILES string of the molecule is Cc1ccc2c(NCc3ccc(S(N)(=O)=O)cn3)c(N)cnc2n1.Cc1ccc2c(ncc3nnn(Cc4ccc(S(N)(=O)=O)cn4)c32)n1. The molecule has 7 rings (SSSR count). The minimum Gasteiger partial charge on any atom is -0.396 e. The number of aromatic nitrogens is 9. The lowest BCUT2D eigenvalue weighted by molar-refractivity contribution is 0.595. The predicted octanol–water partition coefficient (Wildman–Crippen LogP) is 1.95. The van der Waals surface area contributed by atoms with E-state index in [1.807, 2.05) is 38.1 Å². The van der Waals surface area contributed by atoms with Crippen LogP contribution < -0.4 is 21.3 Å². The standard InChI is InChI=1S/C15H13N7O2S.C15H16N6O2S/c1-9-2-5-12-14-13(7-18-15(12)19-9)20-21-22(14)8-10-3-4-11(6-17-10)25(16,23)24;1-9-2-5-12-14(13(16)8-20-15(12)21-9)19-6-10-3-4-11(7-18-10)24(17,22)23/h2-7H,8H2,1H3,(H2,16,23,24);2-5,7-8H,6,16H2,1H3,(H2,17,22,23)(H,19,20,21). The van der Waals surface area contributed by atoms with Gasteiger partial charge in [0.25, 0.3) is 0 Å². The highest BCUT2D eigenvalue weighted by atomic mass is 32.2. The molecule has 0 bridgehead atoms. The van der Waals surface area contributed by atoms with Gasteiger partial charge in [-0.2, -0.15) is 0 Å². The Bertz CT molecular complexity index is 2560. The van der Waals surface area contributed by atoms with Gasteiger partial charge in [0, 0.05) is 34.6 Å². The van der Waals surface area contributed by atoms with E-state index in [2.05, 4.69) is 45.5 Å². The van der Waals surface area contributed by atoms with Crippen LogP contribution in [-0.2, 0) is 33.1 Å².